The number of hydrogen-bond donors (Lipinski definition) is 0. The minimum Gasteiger partial charge on any atom is -0.338 e. The molecule has 2 heterocycles. The fraction of sp³-hybridized carbons (Fsp3) is 0.421. The average molecular weight is 327 g/mol. The van der Waals surface area contributed by atoms with Crippen molar-refractivity contribution in [2.24, 2.45) is 5.92 Å². The highest BCUT2D eigenvalue weighted by atomic mass is 19.1. The lowest BCUT2D eigenvalue weighted by atomic mass is 9.98. The molecule has 2 aromatic rings. The van der Waals surface area contributed by atoms with Crippen LogP contribution in [0.1, 0.15) is 39.3 Å². The van der Waals surface area contributed by atoms with E-state index in [0.29, 0.717) is 23.6 Å². The second-order valence-corrected chi connectivity index (χ2v) is 6.61. The fourth-order valence-electron chi connectivity index (χ4n) is 3.34. The van der Waals surface area contributed by atoms with E-state index in [1.165, 1.54) is 6.33 Å². The second-order valence-electron chi connectivity index (χ2n) is 6.61. The number of nitrogens with zero attached hydrogens (tertiary/aromatic N) is 3. The van der Waals surface area contributed by atoms with Gasteiger partial charge in [-0.15, -0.1) is 0 Å². The van der Waals surface area contributed by atoms with E-state index in [1.54, 1.807) is 13.0 Å². The summed E-state index contributed by atoms with van der Waals surface area (Å²) in [5.74, 6) is 0.204. The van der Waals surface area contributed by atoms with Crippen molar-refractivity contribution in [3.05, 3.63) is 58.4 Å². The topological polar surface area (TPSA) is 46.1 Å². The van der Waals surface area contributed by atoms with Crippen molar-refractivity contribution in [1.82, 2.24) is 14.9 Å². The van der Waals surface area contributed by atoms with Gasteiger partial charge in [0, 0.05) is 13.1 Å². The Kier molecular flexibility index (Phi) is 4.60. The highest BCUT2D eigenvalue weighted by Crippen LogP contribution is 2.24. The summed E-state index contributed by atoms with van der Waals surface area (Å²) in [6, 6.07) is 5.40. The number of amides is 1. The Balaban J connectivity index is 1.69. The summed E-state index contributed by atoms with van der Waals surface area (Å²) in [6.45, 7) is 6.87. The van der Waals surface area contributed by atoms with Gasteiger partial charge in [0.1, 0.15) is 12.1 Å². The van der Waals surface area contributed by atoms with Gasteiger partial charge in [-0.05, 0) is 56.7 Å². The van der Waals surface area contributed by atoms with Crippen LogP contribution in [0.15, 0.2) is 24.5 Å². The Morgan fingerprint density at radius 2 is 1.96 bits per heavy atom. The molecule has 1 saturated heterocycles. The molecule has 0 spiro atoms. The number of rotatable bonds is 3. The molecule has 24 heavy (non-hydrogen) atoms. The van der Waals surface area contributed by atoms with E-state index in [2.05, 4.69) is 9.97 Å². The van der Waals surface area contributed by atoms with Crippen LogP contribution >= 0.6 is 0 Å². The van der Waals surface area contributed by atoms with Crippen LogP contribution < -0.4 is 0 Å². The van der Waals surface area contributed by atoms with Crippen LogP contribution in [0.3, 0.4) is 0 Å². The van der Waals surface area contributed by atoms with E-state index in [-0.39, 0.29) is 11.7 Å². The van der Waals surface area contributed by atoms with Crippen molar-refractivity contribution in [3.63, 3.8) is 0 Å². The molecule has 1 aliphatic rings. The Morgan fingerprint density at radius 3 is 2.62 bits per heavy atom. The first kappa shape index (κ1) is 16.6. The predicted molar refractivity (Wildman–Crippen MR) is 90.4 cm³/mol. The zero-order valence-corrected chi connectivity index (χ0v) is 14.3. The quantitative estimate of drug-likeness (QED) is 0.869. The van der Waals surface area contributed by atoms with Gasteiger partial charge in [0.2, 0.25) is 0 Å². The third kappa shape index (κ3) is 3.30. The second kappa shape index (κ2) is 6.67. The van der Waals surface area contributed by atoms with E-state index >= 15 is 0 Å². The Bertz CT molecular complexity index is 755. The number of halogens is 1. The first-order valence-electron chi connectivity index (χ1n) is 8.28. The molecular weight excluding hydrogens is 305 g/mol. The third-order valence-corrected chi connectivity index (χ3v) is 4.77. The molecule has 1 fully saturated rings. The summed E-state index contributed by atoms with van der Waals surface area (Å²) in [6.07, 6.45) is 3.22. The average Bonchev–Trinajstić information content (AvgIpc) is 2.99. The van der Waals surface area contributed by atoms with Gasteiger partial charge < -0.3 is 4.90 Å². The van der Waals surface area contributed by atoms with Crippen LogP contribution in [-0.4, -0.2) is 33.9 Å². The zero-order valence-electron chi connectivity index (χ0n) is 14.3. The van der Waals surface area contributed by atoms with Gasteiger partial charge in [-0.25, -0.2) is 14.4 Å². The van der Waals surface area contributed by atoms with Gasteiger partial charge in [0.25, 0.3) is 5.91 Å². The maximum Gasteiger partial charge on any atom is 0.257 e. The summed E-state index contributed by atoms with van der Waals surface area (Å²) < 4.78 is 13.7. The number of hydrogen-bond acceptors (Lipinski definition) is 3. The smallest absolute Gasteiger partial charge is 0.257 e. The molecule has 4 nitrogen and oxygen atoms in total. The number of benzene rings is 1. The zero-order chi connectivity index (χ0) is 17.3. The van der Waals surface area contributed by atoms with E-state index in [1.807, 2.05) is 30.9 Å². The molecule has 0 radical (unpaired) electrons. The molecule has 5 heteroatoms. The molecule has 0 bridgehead atoms. The number of aromatic nitrogens is 2. The maximum atomic E-state index is 13.7. The highest BCUT2D eigenvalue weighted by Gasteiger charge is 2.29. The summed E-state index contributed by atoms with van der Waals surface area (Å²) in [4.78, 5) is 22.9. The minimum atomic E-state index is -0.161. The third-order valence-electron chi connectivity index (χ3n) is 4.77. The lowest BCUT2D eigenvalue weighted by Gasteiger charge is -2.18. The van der Waals surface area contributed by atoms with E-state index in [9.17, 15) is 9.18 Å². The number of carbonyl (C=O) groups is 1. The van der Waals surface area contributed by atoms with Crippen molar-refractivity contribution in [3.8, 4) is 0 Å². The van der Waals surface area contributed by atoms with Gasteiger partial charge in [-0.1, -0.05) is 12.1 Å². The van der Waals surface area contributed by atoms with Crippen molar-refractivity contribution in [2.45, 2.75) is 33.6 Å². The summed E-state index contributed by atoms with van der Waals surface area (Å²) in [5.41, 5.74) is 3.71. The molecule has 1 aliphatic heterocycles. The Morgan fingerprint density at radius 1 is 1.25 bits per heavy atom. The van der Waals surface area contributed by atoms with Crippen LogP contribution in [0, 0.1) is 32.5 Å². The number of likely N-dealkylation sites (tertiary alicyclic amines) is 1. The van der Waals surface area contributed by atoms with Gasteiger partial charge in [0.05, 0.1) is 17.0 Å². The van der Waals surface area contributed by atoms with Crippen LogP contribution in [0.4, 0.5) is 4.39 Å². The molecular formula is C19H22FN3O. The van der Waals surface area contributed by atoms with Gasteiger partial charge >= 0.3 is 0 Å². The normalized spacial score (nSPS) is 17.3. The van der Waals surface area contributed by atoms with Gasteiger partial charge in [-0.2, -0.15) is 0 Å². The number of aryl methyl sites for hydroxylation is 3. The lowest BCUT2D eigenvalue weighted by molar-refractivity contribution is 0.0784. The van der Waals surface area contributed by atoms with E-state index in [0.717, 1.165) is 36.3 Å². The van der Waals surface area contributed by atoms with Crippen LogP contribution in [0.5, 0.6) is 0 Å². The Labute approximate surface area is 141 Å². The molecule has 3 rings (SSSR count). The van der Waals surface area contributed by atoms with Crippen molar-refractivity contribution < 1.29 is 9.18 Å². The van der Waals surface area contributed by atoms with Gasteiger partial charge in [0.15, 0.2) is 0 Å². The Hall–Kier alpha value is -2.30. The first-order chi connectivity index (χ1) is 11.5. The summed E-state index contributed by atoms with van der Waals surface area (Å²) in [7, 11) is 0. The fourth-order valence-corrected chi connectivity index (χ4v) is 3.34. The summed E-state index contributed by atoms with van der Waals surface area (Å²) in [5, 5.41) is 0. The minimum absolute atomic E-state index is 0.00295. The first-order valence-corrected chi connectivity index (χ1v) is 8.28. The largest absolute Gasteiger partial charge is 0.338 e. The number of carbonyl (C=O) groups excluding carboxylic acids is 1. The molecule has 0 aliphatic carbocycles. The molecule has 1 aromatic carbocycles. The predicted octanol–water partition coefficient (Wildman–Crippen LogP) is 3.25. The molecule has 1 aromatic heterocycles. The van der Waals surface area contributed by atoms with Crippen molar-refractivity contribution in [2.75, 3.05) is 13.1 Å². The van der Waals surface area contributed by atoms with Crippen LogP contribution in [0.25, 0.3) is 0 Å². The molecule has 0 N–H and O–H groups in total. The molecule has 1 amide bonds. The molecule has 1 atom stereocenters. The standard InChI is InChI=1S/C19H22FN3O/c1-12-4-5-15(9-17(12)20)8-16-6-7-23(10-16)19(24)18-13(2)21-11-22-14(18)3/h4-5,9,11,16H,6-8,10H2,1-3H3. The van der Waals surface area contributed by atoms with Crippen LogP contribution in [0.2, 0.25) is 0 Å². The molecule has 126 valence electrons. The van der Waals surface area contributed by atoms with E-state index in [4.69, 9.17) is 0 Å². The van der Waals surface area contributed by atoms with Crippen molar-refractivity contribution in [1.29, 1.82) is 0 Å². The molecule has 1 unspecified atom stereocenters. The SMILES string of the molecule is Cc1ccc(CC2CCN(C(=O)c3c(C)ncnc3C)C2)cc1F. The van der Waals surface area contributed by atoms with E-state index < -0.39 is 0 Å². The monoisotopic (exact) mass is 327 g/mol. The maximum absolute atomic E-state index is 13.7. The lowest BCUT2D eigenvalue weighted by Crippen LogP contribution is -2.30. The van der Waals surface area contributed by atoms with Crippen molar-refractivity contribution >= 4 is 5.91 Å². The highest BCUT2D eigenvalue weighted by molar-refractivity contribution is 5.96. The molecule has 0 saturated carbocycles. The van der Waals surface area contributed by atoms with Crippen LogP contribution in [-0.2, 0) is 6.42 Å². The summed E-state index contributed by atoms with van der Waals surface area (Å²) >= 11 is 0. The van der Waals surface area contributed by atoms with Gasteiger partial charge in [-0.3, -0.25) is 4.79 Å².